The average Bonchev–Trinajstić information content (AvgIpc) is 3.02. The number of piperazine rings is 1. The molecule has 1 amide bonds. The van der Waals surface area contributed by atoms with Crippen LogP contribution in [0.5, 0.6) is 0 Å². The molecule has 1 aliphatic heterocycles. The molecule has 0 bridgehead atoms. The molecule has 0 aromatic carbocycles. The fraction of sp³-hybridized carbons (Fsp3) is 0.765. The van der Waals surface area contributed by atoms with E-state index in [4.69, 9.17) is 10.5 Å². The maximum Gasteiger partial charge on any atom is 0.222 e. The molecule has 2 heterocycles. The topological polar surface area (TPSA) is 71.7 Å². The number of hydrogen-bond acceptors (Lipinski definition) is 6. The summed E-state index contributed by atoms with van der Waals surface area (Å²) in [6.45, 7) is 10.9. The Hall–Kier alpha value is -0.150. The van der Waals surface area contributed by atoms with Crippen LogP contribution in [-0.2, 0) is 16.1 Å². The number of amides is 1. The molecule has 0 saturated carbocycles. The van der Waals surface area contributed by atoms with Crippen LogP contribution in [-0.4, -0.2) is 59.5 Å². The molecule has 1 fully saturated rings. The summed E-state index contributed by atoms with van der Waals surface area (Å²) >= 11 is 1.66. The predicted molar refractivity (Wildman–Crippen MR) is 119 cm³/mol. The number of rotatable bonds is 8. The minimum atomic E-state index is 0. The molecule has 6 nitrogen and oxygen atoms in total. The highest BCUT2D eigenvalue weighted by Crippen LogP contribution is 2.22. The summed E-state index contributed by atoms with van der Waals surface area (Å²) in [7, 11) is 0. The number of carbonyl (C=O) groups excluding carboxylic acids is 1. The van der Waals surface area contributed by atoms with Gasteiger partial charge in [0.15, 0.2) is 0 Å². The number of hydrogen-bond donors (Lipinski definition) is 1. The van der Waals surface area contributed by atoms with Gasteiger partial charge in [-0.3, -0.25) is 9.69 Å². The number of thiazole rings is 1. The number of carbonyl (C=O) groups is 1. The van der Waals surface area contributed by atoms with Crippen LogP contribution in [0.4, 0.5) is 0 Å². The number of halogens is 3. The Morgan fingerprint density at radius 2 is 1.89 bits per heavy atom. The Morgan fingerprint density at radius 3 is 2.44 bits per heavy atom. The lowest BCUT2D eigenvalue weighted by Crippen LogP contribution is -2.48. The van der Waals surface area contributed by atoms with E-state index in [0.29, 0.717) is 13.0 Å². The minimum Gasteiger partial charge on any atom is -0.372 e. The lowest BCUT2D eigenvalue weighted by atomic mass is 10.1. The highest BCUT2D eigenvalue weighted by molar-refractivity contribution is 7.09. The smallest absolute Gasteiger partial charge is 0.222 e. The first-order valence-corrected chi connectivity index (χ1v) is 9.69. The van der Waals surface area contributed by atoms with Crippen LogP contribution >= 0.6 is 48.6 Å². The van der Waals surface area contributed by atoms with E-state index < -0.39 is 0 Å². The summed E-state index contributed by atoms with van der Waals surface area (Å²) in [4.78, 5) is 21.1. The summed E-state index contributed by atoms with van der Waals surface area (Å²) in [5.41, 5.74) is 6.82. The molecule has 2 N–H and O–H groups in total. The average molecular weight is 464 g/mol. The second-order valence-corrected chi connectivity index (χ2v) is 7.34. The summed E-state index contributed by atoms with van der Waals surface area (Å²) in [6.07, 6.45) is 1.38. The molecular formula is C17H33Cl3N4O2S. The maximum absolute atomic E-state index is 12.1. The SMILES string of the molecule is CCOC(C)c1nc(CN2CCN(C(=O)CCC(C)N)CC2)cs1.Cl.Cl.Cl. The van der Waals surface area contributed by atoms with Crippen molar-refractivity contribution in [3.8, 4) is 0 Å². The summed E-state index contributed by atoms with van der Waals surface area (Å²) in [5.74, 6) is 0.230. The molecule has 0 radical (unpaired) electrons. The molecular weight excluding hydrogens is 431 g/mol. The van der Waals surface area contributed by atoms with E-state index in [1.165, 1.54) is 0 Å². The van der Waals surface area contributed by atoms with Gasteiger partial charge in [0.2, 0.25) is 5.91 Å². The first kappa shape index (κ1) is 29.1. The number of aromatic nitrogens is 1. The number of ether oxygens (including phenoxy) is 1. The highest BCUT2D eigenvalue weighted by atomic mass is 35.5. The molecule has 1 aliphatic rings. The monoisotopic (exact) mass is 462 g/mol. The summed E-state index contributed by atoms with van der Waals surface area (Å²) in [5, 5.41) is 3.15. The third-order valence-corrected chi connectivity index (χ3v) is 5.31. The normalized spacial score (nSPS) is 16.5. The first-order valence-electron chi connectivity index (χ1n) is 8.81. The van der Waals surface area contributed by atoms with Gasteiger partial charge in [0.05, 0.1) is 5.69 Å². The summed E-state index contributed by atoms with van der Waals surface area (Å²) in [6, 6.07) is 0.0909. The largest absolute Gasteiger partial charge is 0.372 e. The van der Waals surface area contributed by atoms with Crippen molar-refractivity contribution in [2.75, 3.05) is 32.8 Å². The van der Waals surface area contributed by atoms with E-state index in [9.17, 15) is 4.79 Å². The molecule has 2 atom stereocenters. The van der Waals surface area contributed by atoms with Gasteiger partial charge in [-0.1, -0.05) is 0 Å². The third-order valence-electron chi connectivity index (χ3n) is 4.26. The fourth-order valence-electron chi connectivity index (χ4n) is 2.80. The molecule has 2 unspecified atom stereocenters. The van der Waals surface area contributed by atoms with Crippen molar-refractivity contribution in [1.29, 1.82) is 0 Å². The second kappa shape index (κ2) is 14.8. The van der Waals surface area contributed by atoms with Gasteiger partial charge in [0.1, 0.15) is 11.1 Å². The molecule has 1 aromatic rings. The molecule has 2 rings (SSSR count). The van der Waals surface area contributed by atoms with Crippen molar-refractivity contribution in [3.05, 3.63) is 16.1 Å². The third kappa shape index (κ3) is 9.74. The van der Waals surface area contributed by atoms with Crippen LogP contribution < -0.4 is 5.73 Å². The van der Waals surface area contributed by atoms with Crippen LogP contribution in [0.2, 0.25) is 0 Å². The van der Waals surface area contributed by atoms with Crippen LogP contribution in [0, 0.1) is 0 Å². The van der Waals surface area contributed by atoms with E-state index in [1.54, 1.807) is 11.3 Å². The van der Waals surface area contributed by atoms with E-state index in [1.807, 2.05) is 25.7 Å². The quantitative estimate of drug-likeness (QED) is 0.640. The van der Waals surface area contributed by atoms with Gasteiger partial charge in [0.25, 0.3) is 0 Å². The van der Waals surface area contributed by atoms with Crippen LogP contribution in [0.15, 0.2) is 5.38 Å². The molecule has 10 heteroatoms. The van der Waals surface area contributed by atoms with Gasteiger partial charge in [0, 0.05) is 57.2 Å². The second-order valence-electron chi connectivity index (χ2n) is 6.45. The molecule has 1 aromatic heterocycles. The van der Waals surface area contributed by atoms with Crippen molar-refractivity contribution in [2.45, 2.75) is 52.3 Å². The van der Waals surface area contributed by atoms with Gasteiger partial charge < -0.3 is 15.4 Å². The fourth-order valence-corrected chi connectivity index (χ4v) is 3.61. The van der Waals surface area contributed by atoms with E-state index in [0.717, 1.165) is 49.8 Å². The zero-order valence-corrected chi connectivity index (χ0v) is 19.5. The Balaban J connectivity index is 0. The minimum absolute atomic E-state index is 0. The molecule has 160 valence electrons. The lowest BCUT2D eigenvalue weighted by Gasteiger charge is -2.34. The van der Waals surface area contributed by atoms with Crippen LogP contribution in [0.1, 0.15) is 50.4 Å². The zero-order chi connectivity index (χ0) is 17.5. The van der Waals surface area contributed by atoms with Crippen LogP contribution in [0.3, 0.4) is 0 Å². The van der Waals surface area contributed by atoms with E-state index in [-0.39, 0.29) is 55.3 Å². The molecule has 1 saturated heterocycles. The van der Waals surface area contributed by atoms with Crippen molar-refractivity contribution in [2.24, 2.45) is 5.73 Å². The van der Waals surface area contributed by atoms with Crippen molar-refractivity contribution >= 4 is 54.5 Å². The zero-order valence-electron chi connectivity index (χ0n) is 16.3. The van der Waals surface area contributed by atoms with Gasteiger partial charge in [-0.2, -0.15) is 0 Å². The van der Waals surface area contributed by atoms with E-state index >= 15 is 0 Å². The Labute approximate surface area is 185 Å². The van der Waals surface area contributed by atoms with Gasteiger partial charge in [-0.05, 0) is 27.2 Å². The standard InChI is InChI=1S/C17H30N4O2S.3ClH/c1-4-23-14(3)17-19-15(12-24-17)11-20-7-9-21(10-8-20)16(22)6-5-13(2)18;;;/h12-14H,4-11,18H2,1-3H3;3*1H. The van der Waals surface area contributed by atoms with Crippen molar-refractivity contribution in [3.63, 3.8) is 0 Å². The molecule has 0 aliphatic carbocycles. The summed E-state index contributed by atoms with van der Waals surface area (Å²) < 4.78 is 5.59. The first-order chi connectivity index (χ1) is 11.5. The van der Waals surface area contributed by atoms with Gasteiger partial charge >= 0.3 is 0 Å². The molecule has 27 heavy (non-hydrogen) atoms. The number of nitrogens with zero attached hydrogens (tertiary/aromatic N) is 3. The van der Waals surface area contributed by atoms with E-state index in [2.05, 4.69) is 15.3 Å². The molecule has 0 spiro atoms. The van der Waals surface area contributed by atoms with Gasteiger partial charge in [-0.15, -0.1) is 48.6 Å². The Kier molecular flexibility index (Phi) is 15.9. The number of nitrogens with two attached hydrogens (primary N) is 1. The maximum atomic E-state index is 12.1. The van der Waals surface area contributed by atoms with Crippen molar-refractivity contribution < 1.29 is 9.53 Å². The van der Waals surface area contributed by atoms with Gasteiger partial charge in [-0.25, -0.2) is 4.98 Å². The Bertz CT molecular complexity index is 526. The van der Waals surface area contributed by atoms with Crippen molar-refractivity contribution in [1.82, 2.24) is 14.8 Å². The predicted octanol–water partition coefficient (Wildman–Crippen LogP) is 3.28. The highest BCUT2D eigenvalue weighted by Gasteiger charge is 2.22. The Morgan fingerprint density at radius 1 is 1.26 bits per heavy atom. The van der Waals surface area contributed by atoms with Crippen LogP contribution in [0.25, 0.3) is 0 Å². The lowest BCUT2D eigenvalue weighted by molar-refractivity contribution is -0.133.